The number of rotatable bonds is 6. The van der Waals surface area contributed by atoms with Crippen molar-refractivity contribution < 1.29 is 4.74 Å². The molecule has 4 rings (SSSR count). The molecule has 0 atom stereocenters. The lowest BCUT2D eigenvalue weighted by atomic mass is 10.2. The molecular formula is C24H18Br2N2O. The summed E-state index contributed by atoms with van der Waals surface area (Å²) in [6, 6.07) is 31.8. The molecule has 0 unspecified atom stereocenters. The fourth-order valence-corrected chi connectivity index (χ4v) is 3.55. The van der Waals surface area contributed by atoms with Crippen molar-refractivity contribution in [1.29, 1.82) is 0 Å². The highest BCUT2D eigenvalue weighted by Crippen LogP contribution is 2.30. The van der Waals surface area contributed by atoms with Gasteiger partial charge in [0.2, 0.25) is 0 Å². The minimum atomic E-state index is 0.786. The van der Waals surface area contributed by atoms with Crippen LogP contribution in [0.25, 0.3) is 0 Å². The van der Waals surface area contributed by atoms with Crippen molar-refractivity contribution in [2.24, 2.45) is 0 Å². The van der Waals surface area contributed by atoms with Crippen LogP contribution in [-0.4, -0.2) is 0 Å². The number of anilines is 4. The van der Waals surface area contributed by atoms with Gasteiger partial charge in [-0.15, -0.1) is 0 Å². The minimum absolute atomic E-state index is 0.786. The van der Waals surface area contributed by atoms with E-state index in [1.54, 1.807) is 0 Å². The molecule has 0 heterocycles. The monoisotopic (exact) mass is 508 g/mol. The third-order valence-electron chi connectivity index (χ3n) is 4.25. The van der Waals surface area contributed by atoms with Crippen LogP contribution in [0, 0.1) is 0 Å². The molecule has 0 aromatic heterocycles. The zero-order chi connectivity index (χ0) is 20.1. The van der Waals surface area contributed by atoms with Crippen LogP contribution in [0.15, 0.2) is 106 Å². The lowest BCUT2D eigenvalue weighted by Gasteiger charge is -2.11. The van der Waals surface area contributed by atoms with Gasteiger partial charge in [-0.2, -0.15) is 0 Å². The average Bonchev–Trinajstić information content (AvgIpc) is 2.74. The first kappa shape index (κ1) is 19.6. The summed E-state index contributed by atoms with van der Waals surface area (Å²) in [5, 5.41) is 6.77. The molecule has 4 aromatic rings. The van der Waals surface area contributed by atoms with E-state index in [0.717, 1.165) is 43.2 Å². The van der Waals surface area contributed by atoms with Gasteiger partial charge in [-0.3, -0.25) is 0 Å². The molecule has 0 bridgehead atoms. The number of hydrogen-bond donors (Lipinski definition) is 2. The zero-order valence-corrected chi connectivity index (χ0v) is 18.6. The van der Waals surface area contributed by atoms with Crippen molar-refractivity contribution >= 4 is 54.6 Å². The molecule has 5 heteroatoms. The van der Waals surface area contributed by atoms with Gasteiger partial charge in [0.25, 0.3) is 0 Å². The molecule has 0 aliphatic rings. The maximum absolute atomic E-state index is 5.96. The average molecular weight is 510 g/mol. The van der Waals surface area contributed by atoms with E-state index >= 15 is 0 Å². The van der Waals surface area contributed by atoms with E-state index in [-0.39, 0.29) is 0 Å². The molecule has 4 aromatic carbocycles. The Balaban J connectivity index is 1.39. The van der Waals surface area contributed by atoms with Gasteiger partial charge in [0.05, 0.1) is 11.4 Å². The molecule has 29 heavy (non-hydrogen) atoms. The van der Waals surface area contributed by atoms with Crippen molar-refractivity contribution in [2.75, 3.05) is 10.6 Å². The van der Waals surface area contributed by atoms with E-state index in [9.17, 15) is 0 Å². The van der Waals surface area contributed by atoms with Crippen LogP contribution >= 0.6 is 31.9 Å². The number of benzene rings is 4. The molecule has 0 aliphatic carbocycles. The summed E-state index contributed by atoms with van der Waals surface area (Å²) < 4.78 is 8.01. The topological polar surface area (TPSA) is 33.3 Å². The Bertz CT molecular complexity index is 1010. The fourth-order valence-electron chi connectivity index (χ4n) is 2.78. The lowest BCUT2D eigenvalue weighted by Crippen LogP contribution is -1.92. The molecule has 0 amide bonds. The molecule has 3 nitrogen and oxygen atoms in total. The van der Waals surface area contributed by atoms with Crippen LogP contribution in [0.1, 0.15) is 0 Å². The summed E-state index contributed by atoms with van der Waals surface area (Å²) in [7, 11) is 0. The summed E-state index contributed by atoms with van der Waals surface area (Å²) in [6.45, 7) is 0. The molecular weight excluding hydrogens is 492 g/mol. The van der Waals surface area contributed by atoms with Gasteiger partial charge < -0.3 is 15.4 Å². The van der Waals surface area contributed by atoms with Crippen molar-refractivity contribution in [1.82, 2.24) is 0 Å². The first-order valence-corrected chi connectivity index (χ1v) is 10.7. The SMILES string of the molecule is Brc1ccccc1Nc1ccc(Oc2ccc(Nc3ccccc3Br)cc2)cc1. The van der Waals surface area contributed by atoms with Crippen molar-refractivity contribution in [3.63, 3.8) is 0 Å². The molecule has 0 saturated carbocycles. The Morgan fingerprint density at radius 3 is 1.24 bits per heavy atom. The Morgan fingerprint density at radius 2 is 0.862 bits per heavy atom. The van der Waals surface area contributed by atoms with Gasteiger partial charge in [0, 0.05) is 20.3 Å². The standard InChI is InChI=1S/C24H18Br2N2O/c25-21-5-1-3-7-23(21)27-17-9-13-19(14-10-17)29-20-15-11-18(12-16-20)28-24-8-4-2-6-22(24)26/h1-16,27-28H. The van der Waals surface area contributed by atoms with Gasteiger partial charge in [0.15, 0.2) is 0 Å². The second-order valence-electron chi connectivity index (χ2n) is 6.36. The second-order valence-corrected chi connectivity index (χ2v) is 8.07. The van der Waals surface area contributed by atoms with Crippen LogP contribution < -0.4 is 15.4 Å². The summed E-state index contributed by atoms with van der Waals surface area (Å²) in [5.41, 5.74) is 4.04. The quantitative estimate of drug-likeness (QED) is 0.273. The summed E-state index contributed by atoms with van der Waals surface area (Å²) in [5.74, 6) is 1.57. The van der Waals surface area contributed by atoms with Gasteiger partial charge in [-0.25, -0.2) is 0 Å². The van der Waals surface area contributed by atoms with Crippen molar-refractivity contribution in [2.45, 2.75) is 0 Å². The first-order valence-electron chi connectivity index (χ1n) is 9.08. The van der Waals surface area contributed by atoms with Crippen molar-refractivity contribution in [3.05, 3.63) is 106 Å². The molecule has 2 N–H and O–H groups in total. The van der Waals surface area contributed by atoms with E-state index in [2.05, 4.69) is 42.5 Å². The van der Waals surface area contributed by atoms with E-state index in [4.69, 9.17) is 4.74 Å². The smallest absolute Gasteiger partial charge is 0.127 e. The van der Waals surface area contributed by atoms with Crippen LogP contribution in [-0.2, 0) is 0 Å². The third-order valence-corrected chi connectivity index (χ3v) is 5.63. The molecule has 0 aliphatic heterocycles. The third kappa shape index (κ3) is 5.19. The Labute approximate surface area is 187 Å². The Hall–Kier alpha value is -2.76. The van der Waals surface area contributed by atoms with Gasteiger partial charge in [-0.05, 0) is 105 Å². The van der Waals surface area contributed by atoms with E-state index < -0.39 is 0 Å². The summed E-state index contributed by atoms with van der Waals surface area (Å²) in [6.07, 6.45) is 0. The summed E-state index contributed by atoms with van der Waals surface area (Å²) in [4.78, 5) is 0. The molecule has 0 fully saturated rings. The highest BCUT2D eigenvalue weighted by Gasteiger charge is 2.03. The molecule has 0 saturated heterocycles. The van der Waals surface area contributed by atoms with Crippen LogP contribution in [0.2, 0.25) is 0 Å². The molecule has 144 valence electrons. The number of para-hydroxylation sites is 2. The maximum Gasteiger partial charge on any atom is 0.127 e. The number of ether oxygens (including phenoxy) is 1. The predicted molar refractivity (Wildman–Crippen MR) is 128 cm³/mol. The van der Waals surface area contributed by atoms with Crippen LogP contribution in [0.5, 0.6) is 11.5 Å². The maximum atomic E-state index is 5.96. The molecule has 0 spiro atoms. The lowest BCUT2D eigenvalue weighted by molar-refractivity contribution is 0.483. The minimum Gasteiger partial charge on any atom is -0.457 e. The Kier molecular flexibility index (Phi) is 6.17. The van der Waals surface area contributed by atoms with Gasteiger partial charge in [0.1, 0.15) is 11.5 Å². The number of hydrogen-bond acceptors (Lipinski definition) is 3. The van der Waals surface area contributed by atoms with Crippen LogP contribution in [0.4, 0.5) is 22.7 Å². The second kappa shape index (κ2) is 9.16. The van der Waals surface area contributed by atoms with Crippen molar-refractivity contribution in [3.8, 4) is 11.5 Å². The highest BCUT2D eigenvalue weighted by atomic mass is 79.9. The zero-order valence-electron chi connectivity index (χ0n) is 15.4. The Morgan fingerprint density at radius 1 is 0.483 bits per heavy atom. The fraction of sp³-hybridized carbons (Fsp3) is 0. The summed E-state index contributed by atoms with van der Waals surface area (Å²) >= 11 is 7.10. The van der Waals surface area contributed by atoms with E-state index in [0.29, 0.717) is 0 Å². The number of nitrogens with one attached hydrogen (secondary N) is 2. The normalized spacial score (nSPS) is 10.4. The van der Waals surface area contributed by atoms with Gasteiger partial charge in [-0.1, -0.05) is 24.3 Å². The predicted octanol–water partition coefficient (Wildman–Crippen LogP) is 8.49. The first-order chi connectivity index (χ1) is 14.2. The van der Waals surface area contributed by atoms with E-state index in [1.807, 2.05) is 97.1 Å². The van der Waals surface area contributed by atoms with Gasteiger partial charge >= 0.3 is 0 Å². The number of halogens is 2. The molecule has 0 radical (unpaired) electrons. The van der Waals surface area contributed by atoms with E-state index in [1.165, 1.54) is 0 Å². The largest absolute Gasteiger partial charge is 0.457 e. The van der Waals surface area contributed by atoms with Crippen LogP contribution in [0.3, 0.4) is 0 Å². The highest BCUT2D eigenvalue weighted by molar-refractivity contribution is 9.11.